The van der Waals surface area contributed by atoms with Crippen LogP contribution in [0.1, 0.15) is 68.4 Å². The van der Waals surface area contributed by atoms with Crippen LogP contribution in [0.2, 0.25) is 0 Å². The number of rotatable bonds is 6. The van der Waals surface area contributed by atoms with Crippen molar-refractivity contribution in [3.05, 3.63) is 59.7 Å². The van der Waals surface area contributed by atoms with Crippen LogP contribution in [-0.2, 0) is 14.3 Å². The Balaban J connectivity index is 1.26. The highest BCUT2D eigenvalue weighted by Gasteiger charge is 2.45. The van der Waals surface area contributed by atoms with Crippen molar-refractivity contribution in [1.82, 2.24) is 10.6 Å². The molecule has 0 heterocycles. The number of alkyl carbamates (subject to hydrolysis) is 1. The third kappa shape index (κ3) is 4.51. The lowest BCUT2D eigenvalue weighted by atomic mass is 9.83. The van der Waals surface area contributed by atoms with E-state index in [0.29, 0.717) is 25.7 Å². The average Bonchev–Trinajstić information content (AvgIpc) is 3.46. The van der Waals surface area contributed by atoms with Crippen LogP contribution in [0, 0.1) is 5.92 Å². The van der Waals surface area contributed by atoms with E-state index in [1.807, 2.05) is 24.3 Å². The maximum atomic E-state index is 13.4. The van der Waals surface area contributed by atoms with Gasteiger partial charge in [0.25, 0.3) is 0 Å². The van der Waals surface area contributed by atoms with E-state index < -0.39 is 29.6 Å². The summed E-state index contributed by atoms with van der Waals surface area (Å²) in [4.78, 5) is 38.0. The van der Waals surface area contributed by atoms with E-state index in [0.717, 1.165) is 47.9 Å². The van der Waals surface area contributed by atoms with Crippen molar-refractivity contribution in [3.63, 3.8) is 0 Å². The highest BCUT2D eigenvalue weighted by molar-refractivity contribution is 5.91. The molecule has 7 nitrogen and oxygen atoms in total. The molecule has 3 aliphatic rings. The van der Waals surface area contributed by atoms with Gasteiger partial charge in [-0.2, -0.15) is 0 Å². The molecular formula is C28H32N2O5. The second kappa shape index (κ2) is 9.72. The Kier molecular flexibility index (Phi) is 6.50. The molecule has 2 atom stereocenters. The predicted molar refractivity (Wildman–Crippen MR) is 131 cm³/mol. The number of carbonyl (C=O) groups excluding carboxylic acids is 2. The number of hydrogen-bond donors (Lipinski definition) is 3. The molecule has 0 aromatic heterocycles. The molecule has 0 aliphatic heterocycles. The highest BCUT2D eigenvalue weighted by Crippen LogP contribution is 2.44. The summed E-state index contributed by atoms with van der Waals surface area (Å²) in [6, 6.07) is 15.9. The highest BCUT2D eigenvalue weighted by atomic mass is 16.5. The SMILES string of the molecule is O=C(NC1(C(=O)N[C@H]2CCCC[C@H]2C(=O)O)CCCC1)OCC1c2ccccc2-c2ccccc21. The number of amides is 2. The van der Waals surface area contributed by atoms with Crippen molar-refractivity contribution < 1.29 is 24.2 Å². The lowest BCUT2D eigenvalue weighted by Gasteiger charge is -2.34. The molecule has 0 radical (unpaired) electrons. The fourth-order valence-electron chi connectivity index (χ4n) is 6.12. The van der Waals surface area contributed by atoms with Crippen LogP contribution in [0.4, 0.5) is 4.79 Å². The molecule has 0 spiro atoms. The number of nitrogens with one attached hydrogen (secondary N) is 2. The van der Waals surface area contributed by atoms with Gasteiger partial charge in [-0.3, -0.25) is 9.59 Å². The molecule has 3 aliphatic carbocycles. The summed E-state index contributed by atoms with van der Waals surface area (Å²) >= 11 is 0. The number of hydrogen-bond acceptors (Lipinski definition) is 4. The Morgan fingerprint density at radius 1 is 0.886 bits per heavy atom. The van der Waals surface area contributed by atoms with Gasteiger partial charge in [-0.15, -0.1) is 0 Å². The minimum absolute atomic E-state index is 0.0555. The lowest BCUT2D eigenvalue weighted by molar-refractivity contribution is -0.144. The Morgan fingerprint density at radius 2 is 1.49 bits per heavy atom. The van der Waals surface area contributed by atoms with E-state index in [4.69, 9.17) is 4.74 Å². The lowest BCUT2D eigenvalue weighted by Crippen LogP contribution is -2.60. The molecule has 0 bridgehead atoms. The summed E-state index contributed by atoms with van der Waals surface area (Å²) in [6.45, 7) is 0.182. The Hall–Kier alpha value is -3.35. The number of carbonyl (C=O) groups is 3. The summed E-state index contributed by atoms with van der Waals surface area (Å²) in [6.07, 6.45) is 5.03. The van der Waals surface area contributed by atoms with E-state index in [1.165, 1.54) is 0 Å². The average molecular weight is 477 g/mol. The van der Waals surface area contributed by atoms with Crippen LogP contribution in [0.25, 0.3) is 11.1 Å². The standard InChI is InChI=1S/C28H32N2O5/c31-25(32)22-13-5-6-14-24(22)29-26(33)28(15-7-8-16-28)30-27(34)35-17-23-20-11-3-1-9-18(20)19-10-2-4-12-21(19)23/h1-4,9-12,22-24H,5-8,13-17H2,(H,29,33)(H,30,34)(H,31,32)/t22-,24+/m1/s1. The van der Waals surface area contributed by atoms with Gasteiger partial charge in [-0.1, -0.05) is 74.2 Å². The molecule has 2 amide bonds. The smallest absolute Gasteiger partial charge is 0.408 e. The fourth-order valence-corrected chi connectivity index (χ4v) is 6.12. The normalized spacial score (nSPS) is 22.6. The number of fused-ring (bicyclic) bond motifs is 3. The first-order valence-electron chi connectivity index (χ1n) is 12.7. The van der Waals surface area contributed by atoms with Gasteiger partial charge < -0.3 is 20.5 Å². The fraction of sp³-hybridized carbons (Fsp3) is 0.464. The van der Waals surface area contributed by atoms with Crippen molar-refractivity contribution in [3.8, 4) is 11.1 Å². The zero-order valence-corrected chi connectivity index (χ0v) is 19.8. The minimum Gasteiger partial charge on any atom is -0.481 e. The molecule has 0 unspecified atom stereocenters. The topological polar surface area (TPSA) is 105 Å². The Morgan fingerprint density at radius 3 is 2.11 bits per heavy atom. The molecule has 184 valence electrons. The van der Waals surface area contributed by atoms with Gasteiger partial charge in [0.05, 0.1) is 5.92 Å². The predicted octanol–water partition coefficient (Wildman–Crippen LogP) is 4.60. The zero-order chi connectivity index (χ0) is 24.4. The number of benzene rings is 2. The van der Waals surface area contributed by atoms with E-state index in [2.05, 4.69) is 34.9 Å². The molecule has 2 saturated carbocycles. The van der Waals surface area contributed by atoms with Crippen molar-refractivity contribution in [1.29, 1.82) is 0 Å². The van der Waals surface area contributed by atoms with E-state index in [9.17, 15) is 19.5 Å². The Bertz CT molecular complexity index is 1080. The summed E-state index contributed by atoms with van der Waals surface area (Å²) in [7, 11) is 0. The van der Waals surface area contributed by atoms with E-state index >= 15 is 0 Å². The van der Waals surface area contributed by atoms with Crippen molar-refractivity contribution in [2.45, 2.75) is 68.9 Å². The maximum absolute atomic E-state index is 13.4. The van der Waals surface area contributed by atoms with Crippen molar-refractivity contribution in [2.24, 2.45) is 5.92 Å². The van der Waals surface area contributed by atoms with Crippen LogP contribution < -0.4 is 10.6 Å². The zero-order valence-electron chi connectivity index (χ0n) is 19.8. The number of carboxylic acids is 1. The Labute approximate surface area is 205 Å². The van der Waals surface area contributed by atoms with Gasteiger partial charge in [0.1, 0.15) is 12.1 Å². The van der Waals surface area contributed by atoms with Crippen LogP contribution in [0.15, 0.2) is 48.5 Å². The second-order valence-corrected chi connectivity index (χ2v) is 10.0. The summed E-state index contributed by atoms with van der Waals surface area (Å²) in [5.74, 6) is -1.80. The van der Waals surface area contributed by atoms with Gasteiger partial charge in [0, 0.05) is 12.0 Å². The summed E-state index contributed by atoms with van der Waals surface area (Å²) in [5, 5.41) is 15.4. The molecule has 7 heteroatoms. The number of ether oxygens (including phenoxy) is 1. The van der Waals surface area contributed by atoms with Gasteiger partial charge in [0.15, 0.2) is 0 Å². The summed E-state index contributed by atoms with van der Waals surface area (Å²) < 4.78 is 5.70. The monoisotopic (exact) mass is 476 g/mol. The first kappa shape index (κ1) is 23.4. The maximum Gasteiger partial charge on any atom is 0.408 e. The van der Waals surface area contributed by atoms with E-state index in [1.54, 1.807) is 0 Å². The third-order valence-corrected chi connectivity index (χ3v) is 7.98. The molecule has 35 heavy (non-hydrogen) atoms. The van der Waals surface area contributed by atoms with Gasteiger partial charge >= 0.3 is 12.1 Å². The second-order valence-electron chi connectivity index (χ2n) is 10.0. The quantitative estimate of drug-likeness (QED) is 0.565. The molecule has 2 aromatic rings. The first-order valence-corrected chi connectivity index (χ1v) is 12.7. The molecule has 2 aromatic carbocycles. The summed E-state index contributed by atoms with van der Waals surface area (Å²) in [5.41, 5.74) is 3.52. The molecule has 0 saturated heterocycles. The molecule has 5 rings (SSSR count). The third-order valence-electron chi connectivity index (χ3n) is 7.98. The van der Waals surface area contributed by atoms with Gasteiger partial charge in [0.2, 0.25) is 5.91 Å². The van der Waals surface area contributed by atoms with Gasteiger partial charge in [-0.25, -0.2) is 4.79 Å². The molecule has 2 fully saturated rings. The van der Waals surface area contributed by atoms with Crippen LogP contribution in [-0.4, -0.2) is 41.3 Å². The van der Waals surface area contributed by atoms with Crippen LogP contribution >= 0.6 is 0 Å². The number of aliphatic carboxylic acids is 1. The molecular weight excluding hydrogens is 444 g/mol. The minimum atomic E-state index is -1.05. The van der Waals surface area contributed by atoms with Crippen LogP contribution in [0.3, 0.4) is 0 Å². The van der Waals surface area contributed by atoms with Crippen molar-refractivity contribution >= 4 is 18.0 Å². The van der Waals surface area contributed by atoms with E-state index in [-0.39, 0.29) is 18.4 Å². The van der Waals surface area contributed by atoms with Gasteiger partial charge in [-0.05, 0) is 47.9 Å². The first-order chi connectivity index (χ1) is 17.0. The largest absolute Gasteiger partial charge is 0.481 e. The molecule has 3 N–H and O–H groups in total. The van der Waals surface area contributed by atoms with Crippen molar-refractivity contribution in [2.75, 3.05) is 6.61 Å². The van der Waals surface area contributed by atoms with Crippen LogP contribution in [0.5, 0.6) is 0 Å². The number of carboxylic acid groups (broad SMARTS) is 1.